The smallest absolute Gasteiger partial charge is 0.224 e. The summed E-state index contributed by atoms with van der Waals surface area (Å²) in [6.07, 6.45) is 6.74. The standard InChI is InChI=1S/C26H31FN6O2/c1-19-11-20(15-28-14-19)16-29-25(34)12-21-17-30-26(31-18-21)23-4-3-22(13-24(23)27)35-10-9-33-7-5-32(2)6-8-33/h3-4,11,13-15,17-18H,5-10,12,16H2,1-2H3,(H,29,34). The van der Waals surface area contributed by atoms with Crippen molar-refractivity contribution in [3.05, 3.63) is 71.6 Å². The largest absolute Gasteiger partial charge is 0.492 e. The number of aromatic nitrogens is 3. The number of piperazine rings is 1. The molecule has 1 aromatic carbocycles. The molecule has 0 atom stereocenters. The molecular formula is C26H31FN6O2. The maximum absolute atomic E-state index is 14.7. The fraction of sp³-hybridized carbons (Fsp3) is 0.385. The number of hydrogen-bond donors (Lipinski definition) is 1. The zero-order chi connectivity index (χ0) is 24.6. The second-order valence-electron chi connectivity index (χ2n) is 8.87. The number of halogens is 1. The van der Waals surface area contributed by atoms with Gasteiger partial charge in [0.25, 0.3) is 0 Å². The van der Waals surface area contributed by atoms with Crippen LogP contribution in [0, 0.1) is 12.7 Å². The molecule has 1 aliphatic heterocycles. The molecule has 2 aromatic heterocycles. The number of aryl methyl sites for hydroxylation is 1. The van der Waals surface area contributed by atoms with Gasteiger partial charge in [0.2, 0.25) is 5.91 Å². The molecule has 1 aliphatic rings. The molecular weight excluding hydrogens is 447 g/mol. The molecule has 0 aliphatic carbocycles. The third kappa shape index (κ3) is 7.27. The predicted molar refractivity (Wildman–Crippen MR) is 131 cm³/mol. The molecule has 0 saturated carbocycles. The molecule has 8 nitrogen and oxygen atoms in total. The number of benzene rings is 1. The van der Waals surface area contributed by atoms with Crippen molar-refractivity contribution < 1.29 is 13.9 Å². The number of nitrogens with one attached hydrogen (secondary N) is 1. The van der Waals surface area contributed by atoms with E-state index in [0.717, 1.165) is 43.9 Å². The van der Waals surface area contributed by atoms with Crippen molar-refractivity contribution in [3.8, 4) is 17.1 Å². The summed E-state index contributed by atoms with van der Waals surface area (Å²) in [5, 5.41) is 2.86. The summed E-state index contributed by atoms with van der Waals surface area (Å²) in [6, 6.07) is 6.69. The molecule has 3 heterocycles. The van der Waals surface area contributed by atoms with Gasteiger partial charge in [-0.05, 0) is 42.8 Å². The molecule has 1 amide bonds. The second-order valence-corrected chi connectivity index (χ2v) is 8.87. The summed E-state index contributed by atoms with van der Waals surface area (Å²) < 4.78 is 20.5. The predicted octanol–water partition coefficient (Wildman–Crippen LogP) is 2.47. The van der Waals surface area contributed by atoms with E-state index in [1.54, 1.807) is 36.9 Å². The summed E-state index contributed by atoms with van der Waals surface area (Å²) in [5.74, 6) is 0.158. The number of pyridine rings is 1. The minimum absolute atomic E-state index is 0.141. The Balaban J connectivity index is 1.26. The van der Waals surface area contributed by atoms with E-state index in [9.17, 15) is 9.18 Å². The highest BCUT2D eigenvalue weighted by molar-refractivity contribution is 5.78. The Bertz CT molecular complexity index is 1130. The minimum atomic E-state index is -0.445. The first-order valence-electron chi connectivity index (χ1n) is 11.8. The second kappa shape index (κ2) is 11.8. The van der Waals surface area contributed by atoms with E-state index in [1.165, 1.54) is 6.07 Å². The van der Waals surface area contributed by atoms with Gasteiger partial charge in [0.15, 0.2) is 5.82 Å². The van der Waals surface area contributed by atoms with E-state index in [2.05, 4.69) is 37.1 Å². The topological polar surface area (TPSA) is 83.5 Å². The Morgan fingerprint density at radius 3 is 2.54 bits per heavy atom. The lowest BCUT2D eigenvalue weighted by molar-refractivity contribution is -0.120. The number of carbonyl (C=O) groups excluding carboxylic acids is 1. The van der Waals surface area contributed by atoms with Gasteiger partial charge >= 0.3 is 0 Å². The summed E-state index contributed by atoms with van der Waals surface area (Å²) in [6.45, 7) is 7.83. The SMILES string of the molecule is Cc1cncc(CNC(=O)Cc2cnc(-c3ccc(OCCN4CCN(C)CC4)cc3F)nc2)c1. The van der Waals surface area contributed by atoms with Crippen molar-refractivity contribution in [2.75, 3.05) is 46.4 Å². The molecule has 0 unspecified atom stereocenters. The lowest BCUT2D eigenvalue weighted by Gasteiger charge is -2.32. The van der Waals surface area contributed by atoms with Crippen LogP contribution in [0.3, 0.4) is 0 Å². The van der Waals surface area contributed by atoms with Crippen molar-refractivity contribution in [3.63, 3.8) is 0 Å². The van der Waals surface area contributed by atoms with Crippen molar-refractivity contribution in [2.45, 2.75) is 19.9 Å². The van der Waals surface area contributed by atoms with Crippen LogP contribution in [0.5, 0.6) is 5.75 Å². The lowest BCUT2D eigenvalue weighted by atomic mass is 10.1. The van der Waals surface area contributed by atoms with Gasteiger partial charge in [-0.3, -0.25) is 14.7 Å². The fourth-order valence-electron chi connectivity index (χ4n) is 3.88. The highest BCUT2D eigenvalue weighted by Crippen LogP contribution is 2.23. The zero-order valence-electron chi connectivity index (χ0n) is 20.2. The number of amides is 1. The van der Waals surface area contributed by atoms with E-state index < -0.39 is 5.82 Å². The average Bonchev–Trinajstić information content (AvgIpc) is 2.85. The van der Waals surface area contributed by atoms with Crippen LogP contribution in [-0.4, -0.2) is 77.0 Å². The van der Waals surface area contributed by atoms with Gasteiger partial charge < -0.3 is 15.0 Å². The third-order valence-corrected chi connectivity index (χ3v) is 5.94. The Kier molecular flexibility index (Phi) is 8.33. The molecule has 184 valence electrons. The molecule has 0 bridgehead atoms. The summed E-state index contributed by atoms with van der Waals surface area (Å²) in [5.41, 5.74) is 2.92. The Morgan fingerprint density at radius 2 is 1.83 bits per heavy atom. The summed E-state index contributed by atoms with van der Waals surface area (Å²) in [7, 11) is 2.12. The van der Waals surface area contributed by atoms with Gasteiger partial charge in [-0.25, -0.2) is 14.4 Å². The first-order chi connectivity index (χ1) is 17.0. The molecule has 0 spiro atoms. The highest BCUT2D eigenvalue weighted by atomic mass is 19.1. The Hall–Kier alpha value is -3.43. The van der Waals surface area contributed by atoms with Crippen LogP contribution in [0.25, 0.3) is 11.4 Å². The van der Waals surface area contributed by atoms with Crippen LogP contribution in [0.4, 0.5) is 4.39 Å². The Labute approximate surface area is 205 Å². The minimum Gasteiger partial charge on any atom is -0.492 e. The van der Waals surface area contributed by atoms with Gasteiger partial charge in [0, 0.05) is 70.1 Å². The van der Waals surface area contributed by atoms with Crippen molar-refractivity contribution in [1.82, 2.24) is 30.1 Å². The van der Waals surface area contributed by atoms with E-state index in [0.29, 0.717) is 30.0 Å². The van der Waals surface area contributed by atoms with E-state index in [4.69, 9.17) is 4.74 Å². The highest BCUT2D eigenvalue weighted by Gasteiger charge is 2.14. The van der Waals surface area contributed by atoms with Crippen molar-refractivity contribution >= 4 is 5.91 Å². The van der Waals surface area contributed by atoms with Crippen LogP contribution in [0.2, 0.25) is 0 Å². The molecule has 1 saturated heterocycles. The van der Waals surface area contributed by atoms with Crippen molar-refractivity contribution in [2.24, 2.45) is 0 Å². The molecule has 3 aromatic rings. The number of rotatable bonds is 9. The molecule has 0 radical (unpaired) electrons. The molecule has 35 heavy (non-hydrogen) atoms. The van der Waals surface area contributed by atoms with Crippen LogP contribution < -0.4 is 10.1 Å². The first kappa shape index (κ1) is 24.7. The normalized spacial score (nSPS) is 14.6. The Morgan fingerprint density at radius 1 is 1.06 bits per heavy atom. The maximum Gasteiger partial charge on any atom is 0.224 e. The van der Waals surface area contributed by atoms with Crippen LogP contribution >= 0.6 is 0 Å². The maximum atomic E-state index is 14.7. The summed E-state index contributed by atoms with van der Waals surface area (Å²) >= 11 is 0. The first-order valence-corrected chi connectivity index (χ1v) is 11.8. The van der Waals surface area contributed by atoms with E-state index in [-0.39, 0.29) is 18.2 Å². The number of nitrogens with zero attached hydrogens (tertiary/aromatic N) is 5. The summed E-state index contributed by atoms with van der Waals surface area (Å²) in [4.78, 5) is 29.5. The fourth-order valence-corrected chi connectivity index (χ4v) is 3.88. The van der Waals surface area contributed by atoms with Gasteiger partial charge in [-0.2, -0.15) is 0 Å². The number of ether oxygens (including phenoxy) is 1. The van der Waals surface area contributed by atoms with Gasteiger partial charge in [-0.15, -0.1) is 0 Å². The lowest BCUT2D eigenvalue weighted by Crippen LogP contribution is -2.45. The molecule has 1 fully saturated rings. The van der Waals surface area contributed by atoms with E-state index >= 15 is 0 Å². The van der Waals surface area contributed by atoms with Crippen LogP contribution in [0.15, 0.2) is 49.1 Å². The van der Waals surface area contributed by atoms with Crippen LogP contribution in [-0.2, 0) is 17.8 Å². The number of carbonyl (C=O) groups is 1. The molecule has 4 rings (SSSR count). The quantitative estimate of drug-likeness (QED) is 0.506. The zero-order valence-corrected chi connectivity index (χ0v) is 20.2. The monoisotopic (exact) mass is 478 g/mol. The molecule has 9 heteroatoms. The van der Waals surface area contributed by atoms with Gasteiger partial charge in [0.1, 0.15) is 18.2 Å². The van der Waals surface area contributed by atoms with Crippen molar-refractivity contribution in [1.29, 1.82) is 0 Å². The van der Waals surface area contributed by atoms with Gasteiger partial charge in [-0.1, -0.05) is 6.07 Å². The number of likely N-dealkylation sites (N-methyl/N-ethyl adjacent to an activating group) is 1. The van der Waals surface area contributed by atoms with E-state index in [1.807, 2.05) is 13.0 Å². The number of hydrogen-bond acceptors (Lipinski definition) is 7. The molecule has 1 N–H and O–H groups in total. The van der Waals surface area contributed by atoms with Gasteiger partial charge in [0.05, 0.1) is 12.0 Å². The average molecular weight is 479 g/mol. The third-order valence-electron chi connectivity index (χ3n) is 5.94. The van der Waals surface area contributed by atoms with Crippen LogP contribution in [0.1, 0.15) is 16.7 Å².